The van der Waals surface area contributed by atoms with Crippen LogP contribution in [0.15, 0.2) is 65.1 Å². The van der Waals surface area contributed by atoms with Gasteiger partial charge in [0.2, 0.25) is 5.91 Å². The van der Waals surface area contributed by atoms with Crippen molar-refractivity contribution in [1.82, 2.24) is 9.55 Å². The van der Waals surface area contributed by atoms with E-state index in [-0.39, 0.29) is 29.1 Å². The molecule has 3 rings (SSSR count). The van der Waals surface area contributed by atoms with Crippen molar-refractivity contribution in [3.05, 3.63) is 76.6 Å². The first-order valence-corrected chi connectivity index (χ1v) is 10.7. The zero-order valence-corrected chi connectivity index (χ0v) is 18.1. The summed E-state index contributed by atoms with van der Waals surface area (Å²) in [6, 6.07) is 11.8. The highest BCUT2D eigenvalue weighted by Crippen LogP contribution is 2.24. The second-order valence-electron chi connectivity index (χ2n) is 6.94. The standard InChI is InChI=1S/C23H23N3O4S/c1-4-12-26-21(28)18-11-8-16(22(29)30)13-19(18)25-23(26)31-14(3)20(27)24-17-9-6-15(5-2)7-10-17/h4,6-11,13-14H,1,5,12H2,2-3H3,(H,24,27)(H,29,30)/t14-/m1/s1. The van der Waals surface area contributed by atoms with Crippen molar-refractivity contribution < 1.29 is 14.7 Å². The molecule has 1 heterocycles. The highest BCUT2D eigenvalue weighted by atomic mass is 32.2. The average Bonchev–Trinajstić information content (AvgIpc) is 2.76. The molecule has 0 bridgehead atoms. The van der Waals surface area contributed by atoms with Crippen LogP contribution in [0, 0.1) is 0 Å². The average molecular weight is 438 g/mol. The van der Waals surface area contributed by atoms with Gasteiger partial charge in [0.1, 0.15) is 0 Å². The molecule has 160 valence electrons. The van der Waals surface area contributed by atoms with Crippen molar-refractivity contribution in [2.75, 3.05) is 5.32 Å². The molecule has 0 aliphatic heterocycles. The van der Waals surface area contributed by atoms with Crippen molar-refractivity contribution in [3.8, 4) is 0 Å². The van der Waals surface area contributed by atoms with Crippen LogP contribution in [0.1, 0.15) is 29.8 Å². The smallest absolute Gasteiger partial charge is 0.335 e. The second kappa shape index (κ2) is 9.61. The van der Waals surface area contributed by atoms with Gasteiger partial charge in [0.15, 0.2) is 5.16 Å². The summed E-state index contributed by atoms with van der Waals surface area (Å²) in [7, 11) is 0. The van der Waals surface area contributed by atoms with E-state index < -0.39 is 11.2 Å². The molecule has 0 radical (unpaired) electrons. The lowest BCUT2D eigenvalue weighted by atomic mass is 10.1. The van der Waals surface area contributed by atoms with Crippen LogP contribution in [-0.4, -0.2) is 31.8 Å². The third-order valence-corrected chi connectivity index (χ3v) is 5.85. The first-order chi connectivity index (χ1) is 14.8. The Bertz CT molecular complexity index is 1200. The number of amides is 1. The Morgan fingerprint density at radius 2 is 1.97 bits per heavy atom. The number of hydrogen-bond donors (Lipinski definition) is 2. The van der Waals surface area contributed by atoms with Crippen molar-refractivity contribution in [3.63, 3.8) is 0 Å². The van der Waals surface area contributed by atoms with Gasteiger partial charge >= 0.3 is 5.97 Å². The quantitative estimate of drug-likeness (QED) is 0.314. The van der Waals surface area contributed by atoms with E-state index in [4.69, 9.17) is 0 Å². The number of allylic oxidation sites excluding steroid dienone is 1. The number of hydrogen-bond acceptors (Lipinski definition) is 5. The molecular formula is C23H23N3O4S. The summed E-state index contributed by atoms with van der Waals surface area (Å²) in [6.45, 7) is 7.69. The fourth-order valence-corrected chi connectivity index (χ4v) is 3.91. The molecule has 0 fully saturated rings. The number of thioether (sulfide) groups is 1. The minimum Gasteiger partial charge on any atom is -0.478 e. The molecular weight excluding hydrogens is 414 g/mol. The molecule has 2 N–H and O–H groups in total. The lowest BCUT2D eigenvalue weighted by Crippen LogP contribution is -2.27. The number of aromatic nitrogens is 2. The second-order valence-corrected chi connectivity index (χ2v) is 8.24. The highest BCUT2D eigenvalue weighted by Gasteiger charge is 2.20. The van der Waals surface area contributed by atoms with Gasteiger partial charge in [-0.1, -0.05) is 36.9 Å². The predicted molar refractivity (Wildman–Crippen MR) is 123 cm³/mol. The molecule has 0 aliphatic rings. The molecule has 0 aliphatic carbocycles. The molecule has 31 heavy (non-hydrogen) atoms. The SMILES string of the molecule is C=CCn1c(S[C@H](C)C(=O)Nc2ccc(CC)cc2)nc2cc(C(=O)O)ccc2c1=O. The first kappa shape index (κ1) is 22.3. The summed E-state index contributed by atoms with van der Waals surface area (Å²) in [5.74, 6) is -1.33. The Balaban J connectivity index is 1.90. The Kier molecular flexibility index (Phi) is 6.91. The zero-order chi connectivity index (χ0) is 22.5. The number of aromatic carboxylic acids is 1. The Hall–Kier alpha value is -3.39. The minimum atomic E-state index is -1.10. The highest BCUT2D eigenvalue weighted by molar-refractivity contribution is 8.00. The molecule has 1 aromatic heterocycles. The maximum Gasteiger partial charge on any atom is 0.335 e. The maximum atomic E-state index is 12.9. The van der Waals surface area contributed by atoms with Crippen molar-refractivity contribution in [1.29, 1.82) is 0 Å². The molecule has 0 spiro atoms. The van der Waals surface area contributed by atoms with Gasteiger partial charge in [-0.25, -0.2) is 9.78 Å². The first-order valence-electron chi connectivity index (χ1n) is 9.79. The van der Waals surface area contributed by atoms with Crippen LogP contribution in [0.3, 0.4) is 0 Å². The molecule has 2 aromatic carbocycles. The largest absolute Gasteiger partial charge is 0.478 e. The number of rotatable bonds is 8. The van der Waals surface area contributed by atoms with E-state index in [1.54, 1.807) is 13.0 Å². The molecule has 1 atom stereocenters. The normalized spacial score (nSPS) is 11.8. The molecule has 8 heteroatoms. The van der Waals surface area contributed by atoms with Crippen LogP contribution in [0.4, 0.5) is 5.69 Å². The van der Waals surface area contributed by atoms with Crippen LogP contribution in [0.2, 0.25) is 0 Å². The summed E-state index contributed by atoms with van der Waals surface area (Å²) in [5.41, 5.74) is 1.87. The van der Waals surface area contributed by atoms with Crippen LogP contribution >= 0.6 is 11.8 Å². The van der Waals surface area contributed by atoms with Gasteiger partial charge in [0.05, 0.1) is 21.7 Å². The number of carboxylic acid groups (broad SMARTS) is 1. The van der Waals surface area contributed by atoms with E-state index in [9.17, 15) is 19.5 Å². The predicted octanol–water partition coefficient (Wildman–Crippen LogP) is 3.96. The Labute approximate surface area is 183 Å². The van der Waals surface area contributed by atoms with Gasteiger partial charge in [-0.15, -0.1) is 6.58 Å². The van der Waals surface area contributed by atoms with Crippen LogP contribution in [0.5, 0.6) is 0 Å². The zero-order valence-electron chi connectivity index (χ0n) is 17.3. The molecule has 3 aromatic rings. The lowest BCUT2D eigenvalue weighted by Gasteiger charge is -2.16. The number of carbonyl (C=O) groups is 2. The van der Waals surface area contributed by atoms with Gasteiger partial charge in [-0.2, -0.15) is 0 Å². The molecule has 1 amide bonds. The Morgan fingerprint density at radius 3 is 2.58 bits per heavy atom. The van der Waals surface area contributed by atoms with E-state index in [0.717, 1.165) is 18.2 Å². The third-order valence-electron chi connectivity index (χ3n) is 4.76. The Morgan fingerprint density at radius 1 is 1.26 bits per heavy atom. The third kappa shape index (κ3) is 5.03. The molecule has 0 saturated heterocycles. The number of carboxylic acids is 1. The fraction of sp³-hybridized carbons (Fsp3) is 0.217. The van der Waals surface area contributed by atoms with Gasteiger partial charge in [-0.3, -0.25) is 14.2 Å². The maximum absolute atomic E-state index is 12.9. The number of carbonyl (C=O) groups excluding carboxylic acids is 1. The number of fused-ring (bicyclic) bond motifs is 1. The minimum absolute atomic E-state index is 0.0399. The van der Waals surface area contributed by atoms with Crippen molar-refractivity contribution in [2.45, 2.75) is 37.2 Å². The number of nitrogens with zero attached hydrogens (tertiary/aromatic N) is 2. The molecule has 0 unspecified atom stereocenters. The molecule has 7 nitrogen and oxygen atoms in total. The van der Waals surface area contributed by atoms with Gasteiger partial charge in [0, 0.05) is 12.2 Å². The summed E-state index contributed by atoms with van der Waals surface area (Å²) < 4.78 is 1.43. The monoisotopic (exact) mass is 437 g/mol. The van der Waals surface area contributed by atoms with Gasteiger partial charge in [0.25, 0.3) is 5.56 Å². The summed E-state index contributed by atoms with van der Waals surface area (Å²) >= 11 is 1.13. The lowest BCUT2D eigenvalue weighted by molar-refractivity contribution is -0.115. The fourth-order valence-electron chi connectivity index (χ4n) is 2.99. The van der Waals surface area contributed by atoms with E-state index >= 15 is 0 Å². The van der Waals surface area contributed by atoms with Crippen LogP contribution < -0.4 is 10.9 Å². The van der Waals surface area contributed by atoms with E-state index in [2.05, 4.69) is 23.8 Å². The van der Waals surface area contributed by atoms with E-state index in [1.165, 1.54) is 28.3 Å². The number of anilines is 1. The van der Waals surface area contributed by atoms with Crippen molar-refractivity contribution >= 4 is 40.2 Å². The van der Waals surface area contributed by atoms with Gasteiger partial charge < -0.3 is 10.4 Å². The van der Waals surface area contributed by atoms with Gasteiger partial charge in [-0.05, 0) is 49.2 Å². The van der Waals surface area contributed by atoms with Crippen LogP contribution in [0.25, 0.3) is 10.9 Å². The molecule has 0 saturated carbocycles. The summed E-state index contributed by atoms with van der Waals surface area (Å²) in [5, 5.41) is 12.2. The summed E-state index contributed by atoms with van der Waals surface area (Å²) in [6.07, 6.45) is 2.49. The number of nitrogens with one attached hydrogen (secondary N) is 1. The summed E-state index contributed by atoms with van der Waals surface area (Å²) in [4.78, 5) is 41.4. The van der Waals surface area contributed by atoms with E-state index in [0.29, 0.717) is 16.2 Å². The van der Waals surface area contributed by atoms with E-state index in [1.807, 2.05) is 24.3 Å². The number of aryl methyl sites for hydroxylation is 1. The van der Waals surface area contributed by atoms with Crippen molar-refractivity contribution in [2.24, 2.45) is 0 Å². The number of benzene rings is 2. The van der Waals surface area contributed by atoms with Crippen LogP contribution in [-0.2, 0) is 17.8 Å². The topological polar surface area (TPSA) is 101 Å².